The zero-order chi connectivity index (χ0) is 18.3. The predicted octanol–water partition coefficient (Wildman–Crippen LogP) is 2.44. The van der Waals surface area contributed by atoms with Gasteiger partial charge in [-0.1, -0.05) is 20.8 Å². The fraction of sp³-hybridized carbons (Fsp3) is 0.421. The van der Waals surface area contributed by atoms with Crippen molar-refractivity contribution in [2.45, 2.75) is 32.2 Å². The molecule has 0 radical (unpaired) electrons. The van der Waals surface area contributed by atoms with Crippen LogP contribution in [0.4, 0.5) is 11.6 Å². The third-order valence-electron chi connectivity index (χ3n) is 4.83. The largest absolute Gasteiger partial charge is 0.353 e. The van der Waals surface area contributed by atoms with Crippen LogP contribution in [0.25, 0.3) is 11.2 Å². The Bertz CT molecular complexity index is 911. The summed E-state index contributed by atoms with van der Waals surface area (Å²) in [6.07, 6.45) is 3.35. The van der Waals surface area contributed by atoms with Gasteiger partial charge in [-0.05, 0) is 24.3 Å². The highest BCUT2D eigenvalue weighted by molar-refractivity contribution is 5.71. The van der Waals surface area contributed by atoms with Crippen molar-refractivity contribution in [3.8, 4) is 0 Å². The van der Waals surface area contributed by atoms with Crippen LogP contribution in [0.5, 0.6) is 0 Å². The Labute approximate surface area is 153 Å². The second kappa shape index (κ2) is 6.16. The van der Waals surface area contributed by atoms with Gasteiger partial charge in [0, 0.05) is 37.9 Å². The van der Waals surface area contributed by atoms with Crippen molar-refractivity contribution in [1.29, 1.82) is 0 Å². The van der Waals surface area contributed by atoms with Crippen LogP contribution in [-0.4, -0.2) is 51.3 Å². The van der Waals surface area contributed by atoms with Crippen LogP contribution in [0.15, 0.2) is 36.7 Å². The second-order valence-corrected chi connectivity index (χ2v) is 7.77. The quantitative estimate of drug-likeness (QED) is 0.719. The van der Waals surface area contributed by atoms with Crippen LogP contribution in [0.2, 0.25) is 0 Å². The Morgan fingerprint density at radius 3 is 2.46 bits per heavy atom. The monoisotopic (exact) mass is 349 g/mol. The molecule has 0 atom stereocenters. The molecule has 7 heteroatoms. The fourth-order valence-electron chi connectivity index (χ4n) is 3.01. The highest BCUT2D eigenvalue weighted by atomic mass is 15.4. The fourth-order valence-corrected chi connectivity index (χ4v) is 3.01. The molecule has 0 N–H and O–H groups in total. The van der Waals surface area contributed by atoms with E-state index >= 15 is 0 Å². The number of fused-ring (bicyclic) bond motifs is 1. The van der Waals surface area contributed by atoms with Gasteiger partial charge in [-0.3, -0.25) is 4.98 Å². The van der Waals surface area contributed by atoms with Crippen molar-refractivity contribution in [2.24, 2.45) is 0 Å². The lowest BCUT2D eigenvalue weighted by Crippen LogP contribution is -2.59. The van der Waals surface area contributed by atoms with Crippen LogP contribution in [0, 0.1) is 0 Å². The number of anilines is 2. The number of pyridine rings is 1. The topological polar surface area (TPSA) is 70.9 Å². The molecule has 0 saturated carbocycles. The summed E-state index contributed by atoms with van der Waals surface area (Å²) in [5, 5.41) is 8.78. The molecule has 1 aliphatic rings. The van der Waals surface area contributed by atoms with Crippen LogP contribution in [-0.2, 0) is 5.41 Å². The maximum absolute atomic E-state index is 4.62. The Balaban J connectivity index is 1.43. The molecule has 0 unspecified atom stereocenters. The average molecular weight is 349 g/mol. The first-order valence-electron chi connectivity index (χ1n) is 8.81. The van der Waals surface area contributed by atoms with Gasteiger partial charge in [-0.15, -0.1) is 5.10 Å². The number of aromatic nitrogens is 5. The summed E-state index contributed by atoms with van der Waals surface area (Å²) < 4.78 is 0. The van der Waals surface area contributed by atoms with E-state index in [4.69, 9.17) is 0 Å². The number of likely N-dealkylation sites (N-methyl/N-ethyl adjacent to an activating group) is 1. The Morgan fingerprint density at radius 2 is 1.77 bits per heavy atom. The van der Waals surface area contributed by atoms with Crippen LogP contribution < -0.4 is 9.80 Å². The number of hydrogen-bond acceptors (Lipinski definition) is 7. The summed E-state index contributed by atoms with van der Waals surface area (Å²) in [6, 6.07) is 8.49. The van der Waals surface area contributed by atoms with E-state index in [1.54, 1.807) is 12.4 Å². The molecule has 3 aromatic heterocycles. The van der Waals surface area contributed by atoms with Crippen LogP contribution in [0.3, 0.4) is 0 Å². The third kappa shape index (κ3) is 3.05. The van der Waals surface area contributed by atoms with Crippen molar-refractivity contribution in [3.63, 3.8) is 0 Å². The first-order valence-corrected chi connectivity index (χ1v) is 8.81. The minimum Gasteiger partial charge on any atom is -0.353 e. The van der Waals surface area contributed by atoms with E-state index in [9.17, 15) is 0 Å². The Hall–Kier alpha value is -2.83. The number of nitrogens with zero attached hydrogens (tertiary/aromatic N) is 7. The SMILES string of the molecule is CN(c1ccc2nccnc2n1)C1CN(c2ccc(C(C)(C)C)nn2)C1. The number of rotatable bonds is 3. The van der Waals surface area contributed by atoms with Gasteiger partial charge in [-0.2, -0.15) is 5.10 Å². The smallest absolute Gasteiger partial charge is 0.180 e. The van der Waals surface area contributed by atoms with Gasteiger partial charge < -0.3 is 9.80 Å². The van der Waals surface area contributed by atoms with Gasteiger partial charge >= 0.3 is 0 Å². The summed E-state index contributed by atoms with van der Waals surface area (Å²) in [7, 11) is 2.07. The van der Waals surface area contributed by atoms with Gasteiger partial charge in [0.15, 0.2) is 11.5 Å². The van der Waals surface area contributed by atoms with E-state index in [1.165, 1.54) is 0 Å². The number of hydrogen-bond donors (Lipinski definition) is 0. The molecule has 0 aromatic carbocycles. The van der Waals surface area contributed by atoms with Gasteiger partial charge in [0.1, 0.15) is 11.3 Å². The molecule has 26 heavy (non-hydrogen) atoms. The zero-order valence-electron chi connectivity index (χ0n) is 15.6. The molecule has 0 amide bonds. The minimum absolute atomic E-state index is 0.0217. The van der Waals surface area contributed by atoms with Gasteiger partial charge in [-0.25, -0.2) is 9.97 Å². The van der Waals surface area contributed by atoms with Crippen LogP contribution >= 0.6 is 0 Å². The summed E-state index contributed by atoms with van der Waals surface area (Å²) in [6.45, 7) is 8.24. The third-order valence-corrected chi connectivity index (χ3v) is 4.83. The highest BCUT2D eigenvalue weighted by Crippen LogP contribution is 2.26. The van der Waals surface area contributed by atoms with Crippen molar-refractivity contribution < 1.29 is 0 Å². The van der Waals surface area contributed by atoms with Crippen molar-refractivity contribution >= 4 is 22.8 Å². The normalized spacial score (nSPS) is 15.2. The lowest BCUT2D eigenvalue weighted by atomic mass is 9.92. The molecular weight excluding hydrogens is 326 g/mol. The molecule has 1 fully saturated rings. The van der Waals surface area contributed by atoms with Crippen molar-refractivity contribution in [3.05, 3.63) is 42.4 Å². The van der Waals surface area contributed by atoms with E-state index < -0.39 is 0 Å². The van der Waals surface area contributed by atoms with Gasteiger partial charge in [0.2, 0.25) is 0 Å². The summed E-state index contributed by atoms with van der Waals surface area (Å²) in [5.74, 6) is 1.84. The van der Waals surface area contributed by atoms with E-state index in [0.29, 0.717) is 11.7 Å². The molecule has 134 valence electrons. The summed E-state index contributed by atoms with van der Waals surface area (Å²) in [5.41, 5.74) is 2.52. The predicted molar refractivity (Wildman–Crippen MR) is 102 cm³/mol. The Kier molecular flexibility index (Phi) is 3.94. The molecule has 0 spiro atoms. The molecule has 7 nitrogen and oxygen atoms in total. The lowest BCUT2D eigenvalue weighted by molar-refractivity contribution is 0.485. The summed E-state index contributed by atoms with van der Waals surface area (Å²) in [4.78, 5) is 17.6. The van der Waals surface area contributed by atoms with E-state index in [0.717, 1.165) is 35.9 Å². The van der Waals surface area contributed by atoms with E-state index in [1.807, 2.05) is 12.1 Å². The van der Waals surface area contributed by atoms with Gasteiger partial charge in [0.25, 0.3) is 0 Å². The average Bonchev–Trinajstić information content (AvgIpc) is 2.59. The lowest BCUT2D eigenvalue weighted by Gasteiger charge is -2.44. The molecule has 4 rings (SSSR count). The molecule has 0 bridgehead atoms. The zero-order valence-corrected chi connectivity index (χ0v) is 15.6. The molecule has 3 aromatic rings. The molecule has 0 aliphatic carbocycles. The van der Waals surface area contributed by atoms with E-state index in [-0.39, 0.29) is 5.41 Å². The summed E-state index contributed by atoms with van der Waals surface area (Å²) >= 11 is 0. The second-order valence-electron chi connectivity index (χ2n) is 7.77. The standard InChI is InChI=1S/C19H23N7/c1-19(2,3)15-6-8-17(24-23-15)26-11-13(12-26)25(4)16-7-5-14-18(22-16)21-10-9-20-14/h5-10,13H,11-12H2,1-4H3. The van der Waals surface area contributed by atoms with Crippen LogP contribution in [0.1, 0.15) is 26.5 Å². The van der Waals surface area contributed by atoms with Crippen molar-refractivity contribution in [2.75, 3.05) is 29.9 Å². The maximum Gasteiger partial charge on any atom is 0.180 e. The van der Waals surface area contributed by atoms with E-state index in [2.05, 4.69) is 74.9 Å². The maximum atomic E-state index is 4.62. The molecule has 4 heterocycles. The van der Waals surface area contributed by atoms with Crippen molar-refractivity contribution in [1.82, 2.24) is 25.1 Å². The molecule has 1 saturated heterocycles. The first kappa shape index (κ1) is 16.6. The van der Waals surface area contributed by atoms with Gasteiger partial charge in [0.05, 0.1) is 11.7 Å². The molecular formula is C19H23N7. The molecule has 1 aliphatic heterocycles. The Morgan fingerprint density at radius 1 is 1.00 bits per heavy atom. The minimum atomic E-state index is 0.0217. The first-order chi connectivity index (χ1) is 12.4. The highest BCUT2D eigenvalue weighted by Gasteiger charge is 2.32.